The van der Waals surface area contributed by atoms with E-state index in [9.17, 15) is 13.5 Å². The van der Waals surface area contributed by atoms with Crippen LogP contribution >= 0.6 is 12.4 Å². The van der Waals surface area contributed by atoms with Crippen LogP contribution in [0.3, 0.4) is 0 Å². The van der Waals surface area contributed by atoms with Crippen LogP contribution in [0.4, 0.5) is 0 Å². The Balaban J connectivity index is 0. The molecule has 1 unspecified atom stereocenters. The molecule has 0 aliphatic rings. The molecule has 0 aromatic carbocycles. The minimum absolute atomic E-state index is 0. The molecule has 0 spiro atoms. The van der Waals surface area contributed by atoms with E-state index in [-0.39, 0.29) is 12.4 Å². The Kier molecular flexibility index (Phi) is 17.7. The first-order valence-electron chi connectivity index (χ1n) is 8.29. The number of hydrogen-bond donors (Lipinski definition) is 3. The molecule has 0 amide bonds. The van der Waals surface area contributed by atoms with Crippen LogP contribution in [0, 0.1) is 0 Å². The van der Waals surface area contributed by atoms with Gasteiger partial charge in [-0.2, -0.15) is 8.42 Å². The first-order valence-corrected chi connectivity index (χ1v) is 9.90. The fourth-order valence-electron chi connectivity index (χ4n) is 2.44. The van der Waals surface area contributed by atoms with E-state index in [1.165, 1.54) is 44.9 Å². The lowest BCUT2D eigenvalue weighted by Gasteiger charge is -2.08. The van der Waals surface area contributed by atoms with E-state index in [0.717, 1.165) is 32.2 Å². The summed E-state index contributed by atoms with van der Waals surface area (Å²) in [6.07, 6.45) is 12.5. The Bertz CT molecular complexity index is 326. The third-order valence-corrected chi connectivity index (χ3v) is 4.45. The van der Waals surface area contributed by atoms with Gasteiger partial charge in [0.05, 0.1) is 6.10 Å². The number of rotatable bonds is 15. The van der Waals surface area contributed by atoms with E-state index in [1.54, 1.807) is 0 Å². The fraction of sp³-hybridized carbons (Fsp3) is 1.00. The molecule has 0 heterocycles. The van der Waals surface area contributed by atoms with E-state index in [0.29, 0.717) is 6.42 Å². The van der Waals surface area contributed by atoms with Crippen molar-refractivity contribution in [2.75, 3.05) is 12.3 Å². The number of unbranched alkanes of at least 4 members (excludes halogenated alkanes) is 10. The zero-order chi connectivity index (χ0) is 16.0. The largest absolute Gasteiger partial charge is 0.392 e. The van der Waals surface area contributed by atoms with E-state index in [4.69, 9.17) is 10.3 Å². The van der Waals surface area contributed by atoms with Crippen LogP contribution in [0.15, 0.2) is 0 Å². The first kappa shape index (κ1) is 24.4. The van der Waals surface area contributed by atoms with Gasteiger partial charge in [-0.15, -0.1) is 12.4 Å². The Labute approximate surface area is 142 Å². The van der Waals surface area contributed by atoms with Gasteiger partial charge in [-0.05, 0) is 19.4 Å². The number of hydrogen-bond acceptors (Lipinski definition) is 4. The second-order valence-corrected chi connectivity index (χ2v) is 7.37. The van der Waals surface area contributed by atoms with Crippen molar-refractivity contribution in [3.05, 3.63) is 0 Å². The van der Waals surface area contributed by atoms with Crippen molar-refractivity contribution >= 4 is 22.5 Å². The van der Waals surface area contributed by atoms with Gasteiger partial charge in [0.1, 0.15) is 5.75 Å². The molecule has 0 aromatic rings. The minimum atomic E-state index is -4.05. The molecule has 0 saturated carbocycles. The Morgan fingerprint density at radius 2 is 1.14 bits per heavy atom. The maximum absolute atomic E-state index is 10.5. The van der Waals surface area contributed by atoms with Gasteiger partial charge in [0.25, 0.3) is 10.1 Å². The highest BCUT2D eigenvalue weighted by molar-refractivity contribution is 7.85. The normalized spacial score (nSPS) is 12.9. The molecule has 4 N–H and O–H groups in total. The molecule has 0 bridgehead atoms. The summed E-state index contributed by atoms with van der Waals surface area (Å²) in [5, 5.41) is 9.40. The van der Waals surface area contributed by atoms with Crippen molar-refractivity contribution in [1.82, 2.24) is 0 Å². The molecule has 0 aliphatic carbocycles. The van der Waals surface area contributed by atoms with Crippen molar-refractivity contribution in [1.29, 1.82) is 0 Å². The summed E-state index contributed by atoms with van der Waals surface area (Å²) in [4.78, 5) is 0. The highest BCUT2D eigenvalue weighted by Crippen LogP contribution is 2.12. The number of aliphatic hydroxyl groups excluding tert-OH is 1. The number of halogens is 1. The summed E-state index contributed by atoms with van der Waals surface area (Å²) < 4.78 is 29.7. The highest BCUT2D eigenvalue weighted by atomic mass is 35.5. The SMILES string of the molecule is Cl.NCCCCCCCCCCCCCC(O)CS(=O)(=O)O. The lowest BCUT2D eigenvalue weighted by molar-refractivity contribution is 0.180. The average molecular weight is 360 g/mol. The van der Waals surface area contributed by atoms with Crippen molar-refractivity contribution in [2.45, 2.75) is 83.2 Å². The maximum Gasteiger partial charge on any atom is 0.267 e. The summed E-state index contributed by atoms with van der Waals surface area (Å²) in [5.41, 5.74) is 5.44. The summed E-state index contributed by atoms with van der Waals surface area (Å²) in [7, 11) is -4.05. The van der Waals surface area contributed by atoms with Crippen molar-refractivity contribution in [2.24, 2.45) is 5.73 Å². The predicted molar refractivity (Wildman–Crippen MR) is 94.1 cm³/mol. The Morgan fingerprint density at radius 1 is 0.773 bits per heavy atom. The molecular formula is C15H34ClNO4S. The van der Waals surface area contributed by atoms with Crippen LogP contribution < -0.4 is 5.73 Å². The monoisotopic (exact) mass is 359 g/mol. The van der Waals surface area contributed by atoms with Crippen LogP contribution in [0.25, 0.3) is 0 Å². The quantitative estimate of drug-likeness (QED) is 0.307. The molecule has 5 nitrogen and oxygen atoms in total. The molecule has 1 atom stereocenters. The van der Waals surface area contributed by atoms with Crippen molar-refractivity contribution < 1.29 is 18.1 Å². The number of aliphatic hydroxyl groups is 1. The van der Waals surface area contributed by atoms with Crippen LogP contribution in [-0.2, 0) is 10.1 Å². The lowest BCUT2D eigenvalue weighted by Crippen LogP contribution is -2.19. The summed E-state index contributed by atoms with van der Waals surface area (Å²) in [6, 6.07) is 0. The smallest absolute Gasteiger partial charge is 0.267 e. The molecular weight excluding hydrogens is 326 g/mol. The second-order valence-electron chi connectivity index (χ2n) is 5.87. The Hall–Kier alpha value is 0.120. The van der Waals surface area contributed by atoms with Crippen LogP contribution in [0.1, 0.15) is 77.0 Å². The zero-order valence-electron chi connectivity index (χ0n) is 13.6. The van der Waals surface area contributed by atoms with Crippen molar-refractivity contribution in [3.63, 3.8) is 0 Å². The Morgan fingerprint density at radius 3 is 1.50 bits per heavy atom. The number of nitrogens with two attached hydrogens (primary N) is 1. The zero-order valence-corrected chi connectivity index (χ0v) is 15.2. The lowest BCUT2D eigenvalue weighted by atomic mass is 10.0. The molecule has 136 valence electrons. The van der Waals surface area contributed by atoms with Gasteiger partial charge in [-0.3, -0.25) is 4.55 Å². The van der Waals surface area contributed by atoms with Gasteiger partial charge in [-0.1, -0.05) is 64.2 Å². The van der Waals surface area contributed by atoms with Crippen LogP contribution in [0.5, 0.6) is 0 Å². The second kappa shape index (κ2) is 16.0. The average Bonchev–Trinajstić information content (AvgIpc) is 2.38. The topological polar surface area (TPSA) is 101 Å². The predicted octanol–water partition coefficient (Wildman–Crippen LogP) is 3.30. The van der Waals surface area contributed by atoms with Gasteiger partial charge in [0.2, 0.25) is 0 Å². The van der Waals surface area contributed by atoms with Gasteiger partial charge >= 0.3 is 0 Å². The molecule has 0 rings (SSSR count). The minimum Gasteiger partial charge on any atom is -0.392 e. The van der Waals surface area contributed by atoms with Gasteiger partial charge in [0.15, 0.2) is 0 Å². The van der Waals surface area contributed by atoms with E-state index in [1.807, 2.05) is 0 Å². The van der Waals surface area contributed by atoms with Gasteiger partial charge in [0, 0.05) is 0 Å². The fourth-order valence-corrected chi connectivity index (χ4v) is 3.09. The molecule has 0 aliphatic heterocycles. The molecule has 0 aromatic heterocycles. The first-order chi connectivity index (χ1) is 9.95. The van der Waals surface area contributed by atoms with Crippen LogP contribution in [-0.4, -0.2) is 36.5 Å². The molecule has 0 saturated heterocycles. The standard InChI is InChI=1S/C15H33NO4S.ClH/c16-13-11-9-7-5-3-1-2-4-6-8-10-12-15(17)14-21(18,19)20;/h15,17H,1-14,16H2,(H,18,19,20);1H. The maximum atomic E-state index is 10.5. The molecule has 0 radical (unpaired) electrons. The van der Waals surface area contributed by atoms with Crippen molar-refractivity contribution in [3.8, 4) is 0 Å². The summed E-state index contributed by atoms with van der Waals surface area (Å²) in [5.74, 6) is -0.544. The molecule has 7 heteroatoms. The molecule has 22 heavy (non-hydrogen) atoms. The summed E-state index contributed by atoms with van der Waals surface area (Å²) >= 11 is 0. The molecule has 0 fully saturated rings. The third-order valence-electron chi connectivity index (χ3n) is 3.64. The van der Waals surface area contributed by atoms with E-state index >= 15 is 0 Å². The summed E-state index contributed by atoms with van der Waals surface area (Å²) in [6.45, 7) is 0.804. The van der Waals surface area contributed by atoms with E-state index in [2.05, 4.69) is 0 Å². The van der Waals surface area contributed by atoms with E-state index < -0.39 is 22.0 Å². The van der Waals surface area contributed by atoms with Gasteiger partial charge in [-0.25, -0.2) is 0 Å². The third kappa shape index (κ3) is 20.1. The van der Waals surface area contributed by atoms with Crippen LogP contribution in [0.2, 0.25) is 0 Å². The van der Waals surface area contributed by atoms with Gasteiger partial charge < -0.3 is 10.8 Å². The highest BCUT2D eigenvalue weighted by Gasteiger charge is 2.13.